The van der Waals surface area contributed by atoms with E-state index in [1.165, 1.54) is 0 Å². The smallest absolute Gasteiger partial charge is 0.273 e. The molecule has 1 rings (SSSR count). The first kappa shape index (κ1) is 15.4. The Balaban J connectivity index is 2.62. The van der Waals surface area contributed by atoms with Crippen molar-refractivity contribution in [1.82, 2.24) is 10.5 Å². The second kappa shape index (κ2) is 7.08. The summed E-state index contributed by atoms with van der Waals surface area (Å²) in [6.45, 7) is 7.17. The average molecular weight is 365 g/mol. The summed E-state index contributed by atoms with van der Waals surface area (Å²) in [4.78, 5) is 12.0. The van der Waals surface area contributed by atoms with E-state index in [2.05, 4.69) is 46.9 Å². The monoisotopic (exact) mass is 365 g/mol. The van der Waals surface area contributed by atoms with Gasteiger partial charge >= 0.3 is 0 Å². The second-order valence-electron chi connectivity index (χ2n) is 4.66. The zero-order chi connectivity index (χ0) is 13.7. The number of carbonyl (C=O) groups excluding carboxylic acids is 1. The van der Waals surface area contributed by atoms with Gasteiger partial charge in [0.25, 0.3) is 5.91 Å². The Hall–Kier alpha value is -0.630. The topological polar surface area (TPSA) is 81.2 Å². The maximum absolute atomic E-state index is 12.0. The van der Waals surface area contributed by atoms with Crippen molar-refractivity contribution >= 4 is 28.5 Å². The number of nitrogens with two attached hydrogens (primary N) is 1. The van der Waals surface area contributed by atoms with Crippen molar-refractivity contribution < 1.29 is 9.32 Å². The van der Waals surface area contributed by atoms with Crippen LogP contribution >= 0.6 is 22.6 Å². The molecular formula is C12H20IN3O2. The van der Waals surface area contributed by atoms with Crippen LogP contribution in [0, 0.1) is 18.8 Å². The van der Waals surface area contributed by atoms with E-state index in [9.17, 15) is 4.79 Å². The molecule has 0 aliphatic rings. The first-order valence-corrected chi connectivity index (χ1v) is 7.53. The Morgan fingerprint density at radius 3 is 2.67 bits per heavy atom. The maximum Gasteiger partial charge on any atom is 0.273 e. The molecule has 1 unspecified atom stereocenters. The number of nitrogens with zero attached hydrogens (tertiary/aromatic N) is 1. The fourth-order valence-electron chi connectivity index (χ4n) is 1.60. The van der Waals surface area contributed by atoms with Crippen LogP contribution in [0.1, 0.15) is 35.7 Å². The molecule has 1 amide bonds. The number of rotatable bonds is 6. The highest BCUT2D eigenvalue weighted by Crippen LogP contribution is 2.16. The molecule has 6 heteroatoms. The van der Waals surface area contributed by atoms with Crippen molar-refractivity contribution in [2.24, 2.45) is 17.6 Å². The SMILES string of the molecule is Cc1c(C(=O)NCC(CN)C(C)C)noc1CI. The quantitative estimate of drug-likeness (QED) is 0.596. The van der Waals surface area contributed by atoms with Gasteiger partial charge in [0, 0.05) is 12.1 Å². The van der Waals surface area contributed by atoms with Gasteiger partial charge in [-0.2, -0.15) is 0 Å². The number of hydrogen-bond donors (Lipinski definition) is 2. The lowest BCUT2D eigenvalue weighted by Crippen LogP contribution is -2.35. The number of aromatic nitrogens is 1. The Labute approximate surface area is 121 Å². The molecule has 1 aromatic heterocycles. The van der Waals surface area contributed by atoms with Gasteiger partial charge in [0.05, 0.1) is 4.43 Å². The van der Waals surface area contributed by atoms with E-state index in [-0.39, 0.29) is 11.8 Å². The molecule has 0 saturated carbocycles. The minimum Gasteiger partial charge on any atom is -0.359 e. The van der Waals surface area contributed by atoms with E-state index in [1.807, 2.05) is 6.92 Å². The molecule has 0 aliphatic carbocycles. The lowest BCUT2D eigenvalue weighted by Gasteiger charge is -2.18. The van der Waals surface area contributed by atoms with Crippen LogP contribution in [0.25, 0.3) is 0 Å². The van der Waals surface area contributed by atoms with Gasteiger partial charge in [-0.05, 0) is 25.3 Å². The molecule has 0 bridgehead atoms. The van der Waals surface area contributed by atoms with Crippen LogP contribution in [0.4, 0.5) is 0 Å². The molecule has 0 saturated heterocycles. The predicted octanol–water partition coefficient (Wildman–Crippen LogP) is 1.88. The Kier molecular flexibility index (Phi) is 6.07. The first-order valence-electron chi connectivity index (χ1n) is 6.00. The molecular weight excluding hydrogens is 345 g/mol. The van der Waals surface area contributed by atoms with Gasteiger partial charge in [-0.1, -0.05) is 41.6 Å². The van der Waals surface area contributed by atoms with Crippen molar-refractivity contribution in [2.45, 2.75) is 25.2 Å². The molecule has 1 aromatic rings. The zero-order valence-electron chi connectivity index (χ0n) is 11.0. The Bertz CT molecular complexity index is 404. The van der Waals surface area contributed by atoms with E-state index in [1.54, 1.807) is 0 Å². The Morgan fingerprint density at radius 2 is 2.22 bits per heavy atom. The number of alkyl halides is 1. The largest absolute Gasteiger partial charge is 0.359 e. The molecule has 18 heavy (non-hydrogen) atoms. The third-order valence-electron chi connectivity index (χ3n) is 3.13. The van der Waals surface area contributed by atoms with Gasteiger partial charge in [0.1, 0.15) is 5.76 Å². The van der Waals surface area contributed by atoms with Gasteiger partial charge in [-0.15, -0.1) is 0 Å². The highest BCUT2D eigenvalue weighted by molar-refractivity contribution is 14.1. The van der Waals surface area contributed by atoms with Crippen molar-refractivity contribution in [3.8, 4) is 0 Å². The summed E-state index contributed by atoms with van der Waals surface area (Å²) < 4.78 is 5.81. The summed E-state index contributed by atoms with van der Waals surface area (Å²) in [7, 11) is 0. The molecule has 0 spiro atoms. The third kappa shape index (κ3) is 3.68. The van der Waals surface area contributed by atoms with Crippen LogP contribution < -0.4 is 11.1 Å². The van der Waals surface area contributed by atoms with Crippen LogP contribution in [0.2, 0.25) is 0 Å². The minimum absolute atomic E-state index is 0.188. The summed E-state index contributed by atoms with van der Waals surface area (Å²) in [6.07, 6.45) is 0. The molecule has 0 radical (unpaired) electrons. The van der Waals surface area contributed by atoms with Crippen molar-refractivity contribution in [3.05, 3.63) is 17.0 Å². The van der Waals surface area contributed by atoms with Gasteiger partial charge in [0.15, 0.2) is 5.69 Å². The molecule has 0 fully saturated rings. The maximum atomic E-state index is 12.0. The van der Waals surface area contributed by atoms with Gasteiger partial charge in [-0.25, -0.2) is 0 Å². The lowest BCUT2D eigenvalue weighted by molar-refractivity contribution is 0.0934. The van der Waals surface area contributed by atoms with Gasteiger partial charge in [0.2, 0.25) is 0 Å². The van der Waals surface area contributed by atoms with Crippen LogP contribution in [-0.4, -0.2) is 24.2 Å². The number of halogens is 1. The molecule has 1 heterocycles. The predicted molar refractivity (Wildman–Crippen MR) is 78.7 cm³/mol. The van der Waals surface area contributed by atoms with Crippen molar-refractivity contribution in [3.63, 3.8) is 0 Å². The molecule has 0 aliphatic heterocycles. The molecule has 0 aromatic carbocycles. The standard InChI is InChI=1S/C12H20IN3O2/c1-7(2)9(5-14)6-15-12(17)11-8(3)10(4-13)18-16-11/h7,9H,4-6,14H2,1-3H3,(H,15,17). The van der Waals surface area contributed by atoms with Crippen molar-refractivity contribution in [2.75, 3.05) is 13.1 Å². The third-order valence-corrected chi connectivity index (χ3v) is 3.82. The van der Waals surface area contributed by atoms with E-state index >= 15 is 0 Å². The van der Waals surface area contributed by atoms with Crippen LogP contribution in [-0.2, 0) is 4.43 Å². The first-order chi connectivity index (χ1) is 8.51. The molecule has 3 N–H and O–H groups in total. The van der Waals surface area contributed by atoms with E-state index in [4.69, 9.17) is 10.3 Å². The summed E-state index contributed by atoms with van der Waals surface area (Å²) >= 11 is 2.18. The number of nitrogens with one attached hydrogen (secondary N) is 1. The Morgan fingerprint density at radius 1 is 1.56 bits per heavy atom. The average Bonchev–Trinajstić information content (AvgIpc) is 2.70. The fourth-order valence-corrected chi connectivity index (χ4v) is 2.32. The highest BCUT2D eigenvalue weighted by atomic mass is 127. The van der Waals surface area contributed by atoms with E-state index in [0.717, 1.165) is 11.3 Å². The van der Waals surface area contributed by atoms with Crippen LogP contribution in [0.15, 0.2) is 4.52 Å². The number of hydrogen-bond acceptors (Lipinski definition) is 4. The summed E-state index contributed by atoms with van der Waals surface area (Å²) in [5.74, 6) is 1.29. The zero-order valence-corrected chi connectivity index (χ0v) is 13.2. The second-order valence-corrected chi connectivity index (χ2v) is 5.43. The summed E-state index contributed by atoms with van der Waals surface area (Å²) in [5.41, 5.74) is 6.86. The normalized spacial score (nSPS) is 12.8. The molecule has 1 atom stereocenters. The van der Waals surface area contributed by atoms with E-state index < -0.39 is 0 Å². The molecule has 5 nitrogen and oxygen atoms in total. The minimum atomic E-state index is -0.188. The van der Waals surface area contributed by atoms with Crippen molar-refractivity contribution in [1.29, 1.82) is 0 Å². The van der Waals surface area contributed by atoms with E-state index in [0.29, 0.717) is 29.1 Å². The number of amides is 1. The van der Waals surface area contributed by atoms with Gasteiger partial charge in [-0.3, -0.25) is 4.79 Å². The van der Waals surface area contributed by atoms with Gasteiger partial charge < -0.3 is 15.6 Å². The summed E-state index contributed by atoms with van der Waals surface area (Å²) in [6, 6.07) is 0. The van der Waals surface area contributed by atoms with Crippen LogP contribution in [0.3, 0.4) is 0 Å². The fraction of sp³-hybridized carbons (Fsp3) is 0.667. The highest BCUT2D eigenvalue weighted by Gasteiger charge is 2.19. The lowest BCUT2D eigenvalue weighted by atomic mass is 9.96. The van der Waals surface area contributed by atoms with Crippen LogP contribution in [0.5, 0.6) is 0 Å². The molecule has 102 valence electrons. The number of carbonyl (C=O) groups is 1. The summed E-state index contributed by atoms with van der Waals surface area (Å²) in [5, 5.41) is 6.68.